The number of rotatable bonds is 9. The molecule has 1 aromatic carbocycles. The van der Waals surface area contributed by atoms with Crippen molar-refractivity contribution in [1.29, 1.82) is 0 Å². The summed E-state index contributed by atoms with van der Waals surface area (Å²) in [6.45, 7) is 7.02. The number of carbonyl (C=O) groups is 5. The number of aryl methyl sites for hydroxylation is 1. The van der Waals surface area contributed by atoms with Crippen LogP contribution in [0, 0.1) is 11.8 Å². The first-order chi connectivity index (χ1) is 18.6. The van der Waals surface area contributed by atoms with E-state index in [0.29, 0.717) is 17.9 Å². The minimum atomic E-state index is -1.12. The number of aromatic nitrogens is 1. The van der Waals surface area contributed by atoms with Crippen LogP contribution < -0.4 is 21.3 Å². The van der Waals surface area contributed by atoms with Gasteiger partial charge in [-0.2, -0.15) is 0 Å². The summed E-state index contributed by atoms with van der Waals surface area (Å²) in [4.78, 5) is 68.0. The van der Waals surface area contributed by atoms with Gasteiger partial charge >= 0.3 is 6.09 Å². The highest BCUT2D eigenvalue weighted by atomic mass is 16.5. The zero-order chi connectivity index (χ0) is 28.5. The first-order valence-electron chi connectivity index (χ1n) is 12.9. The van der Waals surface area contributed by atoms with E-state index in [1.54, 1.807) is 27.7 Å². The van der Waals surface area contributed by atoms with Gasteiger partial charge in [-0.05, 0) is 30.2 Å². The van der Waals surface area contributed by atoms with Crippen molar-refractivity contribution in [1.82, 2.24) is 26.3 Å². The van der Waals surface area contributed by atoms with Crippen LogP contribution in [0.15, 0.2) is 41.1 Å². The minimum Gasteiger partial charge on any atom is -0.446 e. The molecule has 210 valence electrons. The molecule has 2 aromatic rings. The fourth-order valence-corrected chi connectivity index (χ4v) is 4.06. The Balaban J connectivity index is 1.64. The van der Waals surface area contributed by atoms with E-state index in [1.165, 1.54) is 6.39 Å². The van der Waals surface area contributed by atoms with Crippen LogP contribution in [-0.4, -0.2) is 52.7 Å². The van der Waals surface area contributed by atoms with Crippen molar-refractivity contribution in [3.63, 3.8) is 0 Å². The number of hydrogen-bond donors (Lipinski definition) is 4. The Kier molecular flexibility index (Phi) is 10.2. The fourth-order valence-electron chi connectivity index (χ4n) is 4.06. The molecule has 0 fully saturated rings. The van der Waals surface area contributed by atoms with Crippen molar-refractivity contribution in [3.8, 4) is 0 Å². The van der Waals surface area contributed by atoms with Crippen molar-refractivity contribution in [2.75, 3.05) is 0 Å². The summed E-state index contributed by atoms with van der Waals surface area (Å²) in [5.41, 5.74) is 1.38. The maximum Gasteiger partial charge on any atom is 0.408 e. The van der Waals surface area contributed by atoms with E-state index in [4.69, 9.17) is 9.15 Å². The van der Waals surface area contributed by atoms with E-state index < -0.39 is 47.7 Å². The molecule has 0 bridgehead atoms. The lowest BCUT2D eigenvalue weighted by Crippen LogP contribution is -2.59. The zero-order valence-corrected chi connectivity index (χ0v) is 22.5. The van der Waals surface area contributed by atoms with Gasteiger partial charge in [-0.15, -0.1) is 0 Å². The molecule has 4 amide bonds. The Morgan fingerprint density at radius 2 is 1.69 bits per heavy atom. The molecule has 12 heteroatoms. The van der Waals surface area contributed by atoms with Crippen molar-refractivity contribution in [2.24, 2.45) is 11.8 Å². The van der Waals surface area contributed by atoms with Crippen LogP contribution in [0.4, 0.5) is 4.79 Å². The van der Waals surface area contributed by atoms with Crippen LogP contribution in [0.2, 0.25) is 0 Å². The van der Waals surface area contributed by atoms with Gasteiger partial charge in [0.05, 0.1) is 18.3 Å². The molecule has 0 radical (unpaired) electrons. The Labute approximate surface area is 226 Å². The number of benzene rings is 1. The molecule has 3 atom stereocenters. The maximum atomic E-state index is 13.2. The van der Waals surface area contributed by atoms with Gasteiger partial charge in [-0.1, -0.05) is 58.0 Å². The van der Waals surface area contributed by atoms with Crippen LogP contribution in [0.25, 0.3) is 0 Å². The topological polar surface area (TPSA) is 169 Å². The number of nitrogens with one attached hydrogen (secondary N) is 4. The molecule has 0 aliphatic carbocycles. The highest BCUT2D eigenvalue weighted by molar-refractivity contribution is 6.38. The van der Waals surface area contributed by atoms with E-state index in [-0.39, 0.29) is 31.4 Å². The van der Waals surface area contributed by atoms with Crippen LogP contribution in [0.5, 0.6) is 0 Å². The number of ketones is 1. The van der Waals surface area contributed by atoms with Gasteiger partial charge < -0.3 is 30.4 Å². The smallest absolute Gasteiger partial charge is 0.408 e. The molecule has 3 unspecified atom stereocenters. The molecule has 2 heterocycles. The zero-order valence-electron chi connectivity index (χ0n) is 22.5. The maximum absolute atomic E-state index is 13.2. The molecule has 0 saturated carbocycles. The molecule has 4 N–H and O–H groups in total. The Bertz CT molecular complexity index is 1180. The summed E-state index contributed by atoms with van der Waals surface area (Å²) in [6, 6.07) is 5.97. The Hall–Kier alpha value is -4.22. The predicted molar refractivity (Wildman–Crippen MR) is 139 cm³/mol. The lowest BCUT2D eigenvalue weighted by molar-refractivity contribution is -0.140. The largest absolute Gasteiger partial charge is 0.446 e. The average Bonchev–Trinajstić information content (AvgIpc) is 3.37. The van der Waals surface area contributed by atoms with Crippen molar-refractivity contribution in [3.05, 3.63) is 53.7 Å². The summed E-state index contributed by atoms with van der Waals surface area (Å²) in [7, 11) is 0. The van der Waals surface area contributed by atoms with Crippen LogP contribution >= 0.6 is 0 Å². The Morgan fingerprint density at radius 3 is 2.36 bits per heavy atom. The number of ether oxygens (including phenoxy) is 1. The summed E-state index contributed by atoms with van der Waals surface area (Å²) < 4.78 is 10.5. The SMILES string of the molecule is CC(C)C(NC(=O)OCc1ccccc1)C(=O)NC(C(=O)NC1CCc2ncoc2CNC(=O)C1=O)C(C)C. The lowest BCUT2D eigenvalue weighted by Gasteiger charge is -2.28. The molecule has 12 nitrogen and oxygen atoms in total. The van der Waals surface area contributed by atoms with Gasteiger partial charge in [0.15, 0.2) is 6.39 Å². The number of nitrogens with zero attached hydrogens (tertiary/aromatic N) is 1. The minimum absolute atomic E-state index is 0.0165. The second kappa shape index (κ2) is 13.5. The molecule has 1 aliphatic rings. The highest BCUT2D eigenvalue weighted by Crippen LogP contribution is 2.14. The summed E-state index contributed by atoms with van der Waals surface area (Å²) >= 11 is 0. The molecule has 3 rings (SSSR count). The third-order valence-corrected chi connectivity index (χ3v) is 6.34. The van der Waals surface area contributed by atoms with Gasteiger partial charge in [0.2, 0.25) is 17.6 Å². The van der Waals surface area contributed by atoms with E-state index in [1.807, 2.05) is 30.3 Å². The lowest BCUT2D eigenvalue weighted by atomic mass is 9.98. The number of alkyl carbamates (subject to hydrolysis) is 1. The second-order valence-corrected chi connectivity index (χ2v) is 10.0. The number of hydrogen-bond acceptors (Lipinski definition) is 8. The van der Waals surface area contributed by atoms with Gasteiger partial charge in [0.25, 0.3) is 5.91 Å². The van der Waals surface area contributed by atoms with Crippen molar-refractivity contribution < 1.29 is 33.1 Å². The Morgan fingerprint density at radius 1 is 1.03 bits per heavy atom. The summed E-state index contributed by atoms with van der Waals surface area (Å²) in [6.07, 6.45) is 0.919. The number of oxazole rings is 1. The van der Waals surface area contributed by atoms with Gasteiger partial charge in [0, 0.05) is 0 Å². The highest BCUT2D eigenvalue weighted by Gasteiger charge is 2.34. The first-order valence-corrected chi connectivity index (χ1v) is 12.9. The van der Waals surface area contributed by atoms with Gasteiger partial charge in [0.1, 0.15) is 24.5 Å². The van der Waals surface area contributed by atoms with Crippen LogP contribution in [0.3, 0.4) is 0 Å². The number of fused-ring (bicyclic) bond motifs is 1. The van der Waals surface area contributed by atoms with Gasteiger partial charge in [-0.25, -0.2) is 9.78 Å². The molecular weight excluding hydrogens is 506 g/mol. The van der Waals surface area contributed by atoms with Crippen LogP contribution in [-0.2, 0) is 43.5 Å². The summed E-state index contributed by atoms with van der Waals surface area (Å²) in [5, 5.41) is 10.3. The third kappa shape index (κ3) is 8.13. The van der Waals surface area contributed by atoms with Crippen molar-refractivity contribution in [2.45, 2.75) is 71.8 Å². The molecule has 0 saturated heterocycles. The molecule has 39 heavy (non-hydrogen) atoms. The summed E-state index contributed by atoms with van der Waals surface area (Å²) in [5.74, 6) is -3.10. The number of Topliss-reactive ketones (excluding diaryl/α,β-unsaturated/α-hetero) is 1. The fraction of sp³-hybridized carbons (Fsp3) is 0.481. The molecule has 0 spiro atoms. The predicted octanol–water partition coefficient (Wildman–Crippen LogP) is 1.38. The van der Waals surface area contributed by atoms with E-state index in [0.717, 1.165) is 5.56 Å². The number of amides is 4. The van der Waals surface area contributed by atoms with Crippen LogP contribution in [0.1, 0.15) is 51.1 Å². The monoisotopic (exact) mass is 541 g/mol. The second-order valence-electron chi connectivity index (χ2n) is 10.0. The first kappa shape index (κ1) is 29.3. The van der Waals surface area contributed by atoms with E-state index >= 15 is 0 Å². The van der Waals surface area contributed by atoms with E-state index in [9.17, 15) is 24.0 Å². The molecule has 1 aliphatic heterocycles. The van der Waals surface area contributed by atoms with Gasteiger partial charge in [-0.3, -0.25) is 19.2 Å². The van der Waals surface area contributed by atoms with E-state index in [2.05, 4.69) is 26.3 Å². The molecule has 1 aromatic heterocycles. The molecular formula is C27H35N5O7. The quantitative estimate of drug-likeness (QED) is 0.345. The number of carbonyl (C=O) groups excluding carboxylic acids is 5. The average molecular weight is 542 g/mol. The van der Waals surface area contributed by atoms with Crippen molar-refractivity contribution >= 4 is 29.6 Å². The normalized spacial score (nSPS) is 17.1. The third-order valence-electron chi connectivity index (χ3n) is 6.34. The standard InChI is InChI=1S/C27H35N5O7/c1-15(2)21(24(34)30-19-11-10-18-20(39-14-29-18)12-28-26(36)23(19)33)31-25(35)22(16(3)4)32-27(37)38-13-17-8-6-5-7-9-17/h5-9,14-16,19,21-22H,10-13H2,1-4H3,(H,28,36)(H,30,34)(H,31,35)(H,32,37).